The lowest BCUT2D eigenvalue weighted by Crippen LogP contribution is -2.39. The van der Waals surface area contributed by atoms with E-state index in [4.69, 9.17) is 0 Å². The van der Waals surface area contributed by atoms with E-state index in [1.54, 1.807) is 6.20 Å². The summed E-state index contributed by atoms with van der Waals surface area (Å²) in [4.78, 5) is 16.7. The zero-order valence-electron chi connectivity index (χ0n) is 12.4. The average molecular weight is 281 g/mol. The number of hydrogen-bond acceptors (Lipinski definition) is 3. The Hall–Kier alpha value is -2.41. The fourth-order valence-electron chi connectivity index (χ4n) is 2.43. The molecule has 0 radical (unpaired) electrons. The molecule has 21 heavy (non-hydrogen) atoms. The van der Waals surface area contributed by atoms with Crippen LogP contribution in [-0.2, 0) is 11.3 Å². The van der Waals surface area contributed by atoms with Crippen LogP contribution in [0.3, 0.4) is 0 Å². The van der Waals surface area contributed by atoms with Crippen LogP contribution in [0, 0.1) is 16.7 Å². The number of pyridine rings is 1. The summed E-state index contributed by atoms with van der Waals surface area (Å²) in [5.41, 5.74) is 0.911. The molecule has 108 valence electrons. The normalized spacial score (nSPS) is 11.1. The van der Waals surface area contributed by atoms with Gasteiger partial charge in [-0.05, 0) is 24.5 Å². The van der Waals surface area contributed by atoms with Gasteiger partial charge in [0.05, 0.1) is 11.6 Å². The zero-order chi connectivity index (χ0) is 15.3. The summed E-state index contributed by atoms with van der Waals surface area (Å²) in [6.07, 6.45) is 2.77. The molecule has 0 unspecified atom stereocenters. The van der Waals surface area contributed by atoms with E-state index in [1.165, 1.54) is 0 Å². The monoisotopic (exact) mass is 281 g/mol. The van der Waals surface area contributed by atoms with Crippen LogP contribution < -0.4 is 5.32 Å². The summed E-state index contributed by atoms with van der Waals surface area (Å²) in [5, 5.41) is 13.2. The molecule has 0 aliphatic carbocycles. The van der Waals surface area contributed by atoms with Crippen LogP contribution in [0.25, 0.3) is 10.9 Å². The molecule has 1 aromatic heterocycles. The van der Waals surface area contributed by atoms with Gasteiger partial charge in [0.2, 0.25) is 5.91 Å². The van der Waals surface area contributed by atoms with Crippen molar-refractivity contribution in [1.29, 1.82) is 5.26 Å². The van der Waals surface area contributed by atoms with Crippen molar-refractivity contribution in [2.45, 2.75) is 33.2 Å². The molecule has 1 aromatic carbocycles. The molecule has 2 rings (SSSR count). The van der Waals surface area contributed by atoms with Crippen LogP contribution in [0.1, 0.15) is 32.3 Å². The highest BCUT2D eigenvalue weighted by Gasteiger charge is 2.34. The highest BCUT2D eigenvalue weighted by molar-refractivity contribution is 5.86. The number of fused-ring (bicyclic) bond motifs is 1. The van der Waals surface area contributed by atoms with E-state index in [9.17, 15) is 10.1 Å². The van der Waals surface area contributed by atoms with Gasteiger partial charge in [0.15, 0.2) is 0 Å². The van der Waals surface area contributed by atoms with E-state index in [2.05, 4.69) is 16.4 Å². The predicted molar refractivity (Wildman–Crippen MR) is 82.2 cm³/mol. The third-order valence-corrected chi connectivity index (χ3v) is 4.01. The van der Waals surface area contributed by atoms with Crippen molar-refractivity contribution in [1.82, 2.24) is 10.3 Å². The van der Waals surface area contributed by atoms with Gasteiger partial charge in [0.1, 0.15) is 5.41 Å². The Balaban J connectivity index is 2.19. The molecule has 1 N–H and O–H groups in total. The van der Waals surface area contributed by atoms with E-state index in [0.717, 1.165) is 16.5 Å². The number of benzene rings is 1. The maximum absolute atomic E-state index is 12.3. The molecule has 0 bridgehead atoms. The molecular formula is C17H19N3O. The number of para-hydroxylation sites is 1. The van der Waals surface area contributed by atoms with Gasteiger partial charge in [-0.1, -0.05) is 38.1 Å². The maximum atomic E-state index is 12.3. The number of carbonyl (C=O) groups excluding carboxylic acids is 1. The summed E-state index contributed by atoms with van der Waals surface area (Å²) in [5.74, 6) is -0.206. The smallest absolute Gasteiger partial charge is 0.240 e. The summed E-state index contributed by atoms with van der Waals surface area (Å²) in [6, 6.07) is 11.9. The summed E-state index contributed by atoms with van der Waals surface area (Å²) in [6.45, 7) is 4.12. The number of aromatic nitrogens is 1. The van der Waals surface area contributed by atoms with Gasteiger partial charge >= 0.3 is 0 Å². The van der Waals surface area contributed by atoms with E-state index in [-0.39, 0.29) is 5.91 Å². The van der Waals surface area contributed by atoms with Gasteiger partial charge in [0.25, 0.3) is 0 Å². The lowest BCUT2D eigenvalue weighted by atomic mass is 9.83. The second-order valence-electron chi connectivity index (χ2n) is 5.08. The van der Waals surface area contributed by atoms with E-state index >= 15 is 0 Å². The van der Waals surface area contributed by atoms with Crippen molar-refractivity contribution in [3.05, 3.63) is 42.1 Å². The molecule has 2 aromatic rings. The topological polar surface area (TPSA) is 65.8 Å². The predicted octanol–water partition coefficient (Wildman–Crippen LogP) is 3.18. The van der Waals surface area contributed by atoms with Crippen LogP contribution in [0.2, 0.25) is 0 Å². The fourth-order valence-corrected chi connectivity index (χ4v) is 2.43. The first-order valence-electron chi connectivity index (χ1n) is 7.19. The largest absolute Gasteiger partial charge is 0.351 e. The number of nitrogens with one attached hydrogen (secondary N) is 1. The lowest BCUT2D eigenvalue weighted by molar-refractivity contribution is -0.128. The zero-order valence-corrected chi connectivity index (χ0v) is 12.4. The van der Waals surface area contributed by atoms with E-state index < -0.39 is 5.41 Å². The number of hydrogen-bond donors (Lipinski definition) is 1. The van der Waals surface area contributed by atoms with Gasteiger partial charge in [-0.15, -0.1) is 0 Å². The Labute approximate surface area is 124 Å². The fraction of sp³-hybridized carbons (Fsp3) is 0.353. The molecule has 0 aliphatic heterocycles. The first-order valence-corrected chi connectivity index (χ1v) is 7.19. The first kappa shape index (κ1) is 15.0. The van der Waals surface area contributed by atoms with Crippen molar-refractivity contribution in [3.8, 4) is 6.07 Å². The molecule has 0 aliphatic rings. The maximum Gasteiger partial charge on any atom is 0.240 e. The van der Waals surface area contributed by atoms with Gasteiger partial charge in [-0.2, -0.15) is 5.26 Å². The van der Waals surface area contributed by atoms with Gasteiger partial charge in [0, 0.05) is 18.1 Å². The SMILES string of the molecule is CCC(C#N)(CC)C(=O)NCc1cccc2cccnc12. The molecule has 4 nitrogen and oxygen atoms in total. The molecule has 1 heterocycles. The van der Waals surface area contributed by atoms with Crippen molar-refractivity contribution in [2.24, 2.45) is 5.41 Å². The van der Waals surface area contributed by atoms with Crippen molar-refractivity contribution >= 4 is 16.8 Å². The molecule has 4 heteroatoms. The van der Waals surface area contributed by atoms with Crippen molar-refractivity contribution < 1.29 is 4.79 Å². The molecule has 0 atom stereocenters. The summed E-state index contributed by atoms with van der Waals surface area (Å²) in [7, 11) is 0. The molecule has 0 spiro atoms. The molecule has 0 fully saturated rings. The van der Waals surface area contributed by atoms with Crippen LogP contribution >= 0.6 is 0 Å². The van der Waals surface area contributed by atoms with Crippen molar-refractivity contribution in [3.63, 3.8) is 0 Å². The first-order chi connectivity index (χ1) is 10.2. The molecular weight excluding hydrogens is 262 g/mol. The van der Waals surface area contributed by atoms with Crippen LogP contribution in [-0.4, -0.2) is 10.9 Å². The second kappa shape index (κ2) is 6.36. The Morgan fingerprint density at radius 2 is 2.00 bits per heavy atom. The average Bonchev–Trinajstić information content (AvgIpc) is 2.55. The third kappa shape index (κ3) is 2.87. The third-order valence-electron chi connectivity index (χ3n) is 4.01. The number of carbonyl (C=O) groups is 1. The Morgan fingerprint density at radius 3 is 2.67 bits per heavy atom. The highest BCUT2D eigenvalue weighted by Crippen LogP contribution is 2.25. The van der Waals surface area contributed by atoms with E-state index in [0.29, 0.717) is 19.4 Å². The Kier molecular flexibility index (Phi) is 4.54. The molecule has 0 saturated heterocycles. The van der Waals surface area contributed by atoms with Gasteiger partial charge in [-0.3, -0.25) is 9.78 Å². The lowest BCUT2D eigenvalue weighted by Gasteiger charge is -2.22. The standard InChI is InChI=1S/C17H19N3O/c1-3-17(4-2,12-18)16(21)20-11-14-8-5-7-13-9-6-10-19-15(13)14/h5-10H,3-4,11H2,1-2H3,(H,20,21). The minimum Gasteiger partial charge on any atom is -0.351 e. The minimum atomic E-state index is -0.933. The Bertz CT molecular complexity index is 678. The molecule has 1 amide bonds. The number of nitriles is 1. The second-order valence-corrected chi connectivity index (χ2v) is 5.08. The Morgan fingerprint density at radius 1 is 1.29 bits per heavy atom. The quantitative estimate of drug-likeness (QED) is 0.915. The summed E-state index contributed by atoms with van der Waals surface area (Å²) < 4.78 is 0. The number of rotatable bonds is 5. The number of amides is 1. The minimum absolute atomic E-state index is 0.206. The van der Waals surface area contributed by atoms with Gasteiger partial charge in [-0.25, -0.2) is 0 Å². The van der Waals surface area contributed by atoms with Crippen molar-refractivity contribution in [2.75, 3.05) is 0 Å². The van der Waals surface area contributed by atoms with Gasteiger partial charge < -0.3 is 5.32 Å². The summed E-state index contributed by atoms with van der Waals surface area (Å²) >= 11 is 0. The van der Waals surface area contributed by atoms with Crippen LogP contribution in [0.4, 0.5) is 0 Å². The molecule has 0 saturated carbocycles. The van der Waals surface area contributed by atoms with E-state index in [1.807, 2.05) is 44.2 Å². The highest BCUT2D eigenvalue weighted by atomic mass is 16.2. The van der Waals surface area contributed by atoms with Crippen LogP contribution in [0.15, 0.2) is 36.5 Å². The number of nitrogens with zero attached hydrogens (tertiary/aromatic N) is 2. The van der Waals surface area contributed by atoms with Crippen LogP contribution in [0.5, 0.6) is 0 Å².